The molecule has 0 unspecified atom stereocenters. The molecule has 0 spiro atoms. The third kappa shape index (κ3) is 3.07. The molecule has 1 amide bonds. The number of pyridine rings is 1. The van der Waals surface area contributed by atoms with Gasteiger partial charge in [0.05, 0.1) is 0 Å². The highest BCUT2D eigenvalue weighted by Gasteiger charge is 2.13. The van der Waals surface area contributed by atoms with Crippen LogP contribution >= 0.6 is 0 Å². The number of carbonyl (C=O) groups excluding carboxylic acids is 1. The summed E-state index contributed by atoms with van der Waals surface area (Å²) in [6.45, 7) is 0.151. The number of benzene rings is 1. The van der Waals surface area contributed by atoms with Gasteiger partial charge in [-0.15, -0.1) is 0 Å². The maximum atomic E-state index is 13.5. The Morgan fingerprint density at radius 3 is 2.74 bits per heavy atom. The molecule has 1 N–H and O–H groups in total. The molecule has 5 heteroatoms. The molecule has 0 aliphatic heterocycles. The van der Waals surface area contributed by atoms with E-state index in [1.165, 1.54) is 29.3 Å². The molecule has 4 nitrogen and oxygen atoms in total. The highest BCUT2D eigenvalue weighted by molar-refractivity contribution is 5.93. The fourth-order valence-electron chi connectivity index (χ4n) is 1.75. The van der Waals surface area contributed by atoms with Crippen molar-refractivity contribution in [3.05, 3.63) is 69.9 Å². The number of nitrogens with one attached hydrogen (secondary N) is 1. The van der Waals surface area contributed by atoms with E-state index in [9.17, 15) is 14.0 Å². The predicted octanol–water partition coefficient (Wildman–Crippen LogP) is 1.79. The zero-order valence-corrected chi connectivity index (χ0v) is 10.4. The van der Waals surface area contributed by atoms with Crippen molar-refractivity contribution < 1.29 is 9.18 Å². The van der Waals surface area contributed by atoms with Crippen molar-refractivity contribution in [3.8, 4) is 0 Å². The van der Waals surface area contributed by atoms with Gasteiger partial charge in [0.2, 0.25) is 5.56 Å². The summed E-state index contributed by atoms with van der Waals surface area (Å²) >= 11 is 0. The first-order valence-electron chi connectivity index (χ1n) is 5.75. The highest BCUT2D eigenvalue weighted by atomic mass is 19.1. The van der Waals surface area contributed by atoms with Crippen molar-refractivity contribution in [2.45, 2.75) is 6.54 Å². The van der Waals surface area contributed by atoms with Gasteiger partial charge in [-0.05, 0) is 12.1 Å². The Morgan fingerprint density at radius 1 is 1.32 bits per heavy atom. The topological polar surface area (TPSA) is 53.2 Å². The number of halogens is 1. The number of hydrogen-bond acceptors (Lipinski definition) is 2. The van der Waals surface area contributed by atoms with Crippen molar-refractivity contribution in [1.29, 1.82) is 0 Å². The lowest BCUT2D eigenvalue weighted by Gasteiger charge is -2.17. The summed E-state index contributed by atoms with van der Waals surface area (Å²) in [5.74, 6) is -0.678. The van der Waals surface area contributed by atoms with Crippen LogP contribution in [0.5, 0.6) is 0 Å². The Morgan fingerprint density at radius 2 is 2.05 bits per heavy atom. The Labute approximate surface area is 109 Å². The second kappa shape index (κ2) is 5.48. The van der Waals surface area contributed by atoms with Crippen LogP contribution in [0, 0.1) is 5.82 Å². The average molecular weight is 260 g/mol. The first-order valence-corrected chi connectivity index (χ1v) is 5.75. The molecule has 0 aliphatic carbocycles. The van der Waals surface area contributed by atoms with E-state index < -0.39 is 0 Å². The SMILES string of the molecule is CN(Cc1ccccc1F)C(=O)c1cc[nH]c(=O)c1. The first kappa shape index (κ1) is 13.0. The van der Waals surface area contributed by atoms with Gasteiger partial charge in [0.15, 0.2) is 0 Å². The number of carbonyl (C=O) groups is 1. The highest BCUT2D eigenvalue weighted by Crippen LogP contribution is 2.10. The minimum Gasteiger partial charge on any atom is -0.337 e. The van der Waals surface area contributed by atoms with Gasteiger partial charge in [0, 0.05) is 37.0 Å². The minimum atomic E-state index is -0.354. The van der Waals surface area contributed by atoms with Crippen LogP contribution in [0.25, 0.3) is 0 Å². The molecule has 0 saturated heterocycles. The molecule has 1 aromatic carbocycles. The Kier molecular flexibility index (Phi) is 3.75. The summed E-state index contributed by atoms with van der Waals surface area (Å²) in [5.41, 5.74) is 0.371. The van der Waals surface area contributed by atoms with Crippen molar-refractivity contribution in [2.24, 2.45) is 0 Å². The van der Waals surface area contributed by atoms with Crippen molar-refractivity contribution in [1.82, 2.24) is 9.88 Å². The molecule has 0 bridgehead atoms. The van der Waals surface area contributed by atoms with Crippen LogP contribution in [-0.4, -0.2) is 22.8 Å². The second-order valence-corrected chi connectivity index (χ2v) is 4.19. The van der Waals surface area contributed by atoms with E-state index in [4.69, 9.17) is 0 Å². The average Bonchev–Trinajstić information content (AvgIpc) is 2.40. The van der Waals surface area contributed by atoms with Crippen LogP contribution in [0.3, 0.4) is 0 Å². The Balaban J connectivity index is 2.16. The molecule has 0 aliphatic rings. The van der Waals surface area contributed by atoms with Crippen molar-refractivity contribution >= 4 is 5.91 Å². The number of rotatable bonds is 3. The van der Waals surface area contributed by atoms with E-state index in [0.717, 1.165) is 0 Å². The van der Waals surface area contributed by atoms with Gasteiger partial charge in [-0.3, -0.25) is 9.59 Å². The number of nitrogens with zero attached hydrogens (tertiary/aromatic N) is 1. The van der Waals surface area contributed by atoms with Gasteiger partial charge in [0.25, 0.3) is 5.91 Å². The second-order valence-electron chi connectivity index (χ2n) is 4.19. The summed E-state index contributed by atoms with van der Waals surface area (Å²) in [7, 11) is 1.57. The molecule has 2 rings (SSSR count). The van der Waals surface area contributed by atoms with E-state index >= 15 is 0 Å². The lowest BCUT2D eigenvalue weighted by molar-refractivity contribution is 0.0783. The van der Waals surface area contributed by atoms with Gasteiger partial charge in [-0.25, -0.2) is 4.39 Å². The van der Waals surface area contributed by atoms with Crippen molar-refractivity contribution in [2.75, 3.05) is 7.05 Å². The number of hydrogen-bond donors (Lipinski definition) is 1. The van der Waals surface area contributed by atoms with Crippen molar-refractivity contribution in [3.63, 3.8) is 0 Å². The molecule has 0 atom stereocenters. The van der Waals surface area contributed by atoms with Crippen LogP contribution in [0.1, 0.15) is 15.9 Å². The predicted molar refractivity (Wildman–Crippen MR) is 69.3 cm³/mol. The first-order chi connectivity index (χ1) is 9.08. The number of aromatic amines is 1. The Bertz CT molecular complexity index is 652. The standard InChI is InChI=1S/C14H13FN2O2/c1-17(9-11-4-2-3-5-12(11)15)14(19)10-6-7-16-13(18)8-10/h2-8H,9H2,1H3,(H,16,18). The maximum Gasteiger partial charge on any atom is 0.254 e. The zero-order chi connectivity index (χ0) is 13.8. The normalized spacial score (nSPS) is 10.2. The maximum absolute atomic E-state index is 13.5. The molecule has 1 heterocycles. The van der Waals surface area contributed by atoms with Gasteiger partial charge in [0.1, 0.15) is 5.82 Å². The summed E-state index contributed by atoms with van der Waals surface area (Å²) in [6, 6.07) is 9.01. The number of H-pyrrole nitrogens is 1. The van der Waals surface area contributed by atoms with E-state index in [2.05, 4.69) is 4.98 Å². The summed E-state index contributed by atoms with van der Waals surface area (Å²) in [5, 5.41) is 0. The minimum absolute atomic E-state index is 0.151. The lowest BCUT2D eigenvalue weighted by Crippen LogP contribution is -2.27. The molecular formula is C14H13FN2O2. The molecule has 0 radical (unpaired) electrons. The van der Waals surface area contributed by atoms with Crippen LogP contribution < -0.4 is 5.56 Å². The molecular weight excluding hydrogens is 247 g/mol. The number of amides is 1. The van der Waals surface area contributed by atoms with Crippen LogP contribution in [-0.2, 0) is 6.54 Å². The third-order valence-corrected chi connectivity index (χ3v) is 2.73. The molecule has 2 aromatic rings. The molecule has 0 fully saturated rings. The Hall–Kier alpha value is -2.43. The third-order valence-electron chi connectivity index (χ3n) is 2.73. The van der Waals surface area contributed by atoms with E-state index in [1.54, 1.807) is 25.2 Å². The largest absolute Gasteiger partial charge is 0.337 e. The molecule has 1 aromatic heterocycles. The molecule has 19 heavy (non-hydrogen) atoms. The summed E-state index contributed by atoms with van der Waals surface area (Å²) in [6.07, 6.45) is 1.41. The summed E-state index contributed by atoms with van der Waals surface area (Å²) in [4.78, 5) is 27.0. The van der Waals surface area contributed by atoms with Crippen LogP contribution in [0.4, 0.5) is 4.39 Å². The molecule has 98 valence electrons. The zero-order valence-electron chi connectivity index (χ0n) is 10.4. The molecule has 0 saturated carbocycles. The fourth-order valence-corrected chi connectivity index (χ4v) is 1.75. The van der Waals surface area contributed by atoms with Gasteiger partial charge in [-0.2, -0.15) is 0 Å². The van der Waals surface area contributed by atoms with E-state index in [0.29, 0.717) is 5.56 Å². The lowest BCUT2D eigenvalue weighted by atomic mass is 10.2. The smallest absolute Gasteiger partial charge is 0.254 e. The number of aromatic nitrogens is 1. The van der Waals surface area contributed by atoms with Gasteiger partial charge < -0.3 is 9.88 Å². The van der Waals surface area contributed by atoms with Crippen LogP contribution in [0.15, 0.2) is 47.4 Å². The summed E-state index contributed by atoms with van der Waals surface area (Å²) < 4.78 is 13.5. The fraction of sp³-hybridized carbons (Fsp3) is 0.143. The monoisotopic (exact) mass is 260 g/mol. The van der Waals surface area contributed by atoms with E-state index in [1.807, 2.05) is 0 Å². The van der Waals surface area contributed by atoms with Gasteiger partial charge in [-0.1, -0.05) is 18.2 Å². The van der Waals surface area contributed by atoms with Crippen LogP contribution in [0.2, 0.25) is 0 Å². The van der Waals surface area contributed by atoms with Gasteiger partial charge >= 0.3 is 0 Å². The van der Waals surface area contributed by atoms with E-state index in [-0.39, 0.29) is 29.4 Å². The quantitative estimate of drug-likeness (QED) is 0.914.